The average molecular weight is 469 g/mol. The fraction of sp³-hybridized carbons (Fsp3) is 0.296. The Morgan fingerprint density at radius 3 is 2.30 bits per heavy atom. The van der Waals surface area contributed by atoms with Crippen LogP contribution in [-0.4, -0.2) is 26.3 Å². The highest BCUT2D eigenvalue weighted by Crippen LogP contribution is 2.29. The van der Waals surface area contributed by atoms with Gasteiger partial charge in [-0.2, -0.15) is 0 Å². The van der Waals surface area contributed by atoms with Crippen molar-refractivity contribution in [1.82, 2.24) is 0 Å². The van der Waals surface area contributed by atoms with Gasteiger partial charge in [-0.15, -0.1) is 0 Å². The molecule has 0 saturated carbocycles. The van der Waals surface area contributed by atoms with Gasteiger partial charge in [-0.25, -0.2) is 0 Å². The molecule has 0 bridgehead atoms. The second-order valence-corrected chi connectivity index (χ2v) is 7.91. The molecule has 0 radical (unpaired) electrons. The van der Waals surface area contributed by atoms with E-state index in [0.717, 1.165) is 41.2 Å². The van der Waals surface area contributed by atoms with E-state index in [9.17, 15) is 4.79 Å². The second-order valence-electron chi connectivity index (χ2n) is 7.50. The number of methoxy groups -OCH3 is 1. The van der Waals surface area contributed by atoms with E-state index < -0.39 is 0 Å². The van der Waals surface area contributed by atoms with Crippen molar-refractivity contribution >= 4 is 17.6 Å². The van der Waals surface area contributed by atoms with Crippen molar-refractivity contribution in [2.75, 3.05) is 20.3 Å². The summed E-state index contributed by atoms with van der Waals surface area (Å²) in [4.78, 5) is 11.4. The Bertz CT molecular complexity index is 1040. The van der Waals surface area contributed by atoms with Gasteiger partial charge < -0.3 is 18.9 Å². The van der Waals surface area contributed by atoms with Gasteiger partial charge in [-0.05, 0) is 60.0 Å². The highest BCUT2D eigenvalue weighted by Gasteiger charge is 2.09. The highest BCUT2D eigenvalue weighted by atomic mass is 35.5. The maximum Gasteiger partial charge on any atom is 0.309 e. The summed E-state index contributed by atoms with van der Waals surface area (Å²) in [5, 5.41) is 0.469. The number of ether oxygens (including phenoxy) is 4. The van der Waals surface area contributed by atoms with Gasteiger partial charge in [-0.3, -0.25) is 4.79 Å². The summed E-state index contributed by atoms with van der Waals surface area (Å²) in [6.45, 7) is 3.13. The number of aryl methyl sites for hydroxylation is 1. The van der Waals surface area contributed by atoms with Crippen LogP contribution < -0.4 is 14.2 Å². The topological polar surface area (TPSA) is 54.0 Å². The predicted octanol–water partition coefficient (Wildman–Crippen LogP) is 6.65. The lowest BCUT2D eigenvalue weighted by molar-refractivity contribution is -0.139. The van der Waals surface area contributed by atoms with Crippen molar-refractivity contribution in [1.29, 1.82) is 0 Å². The number of hydrogen-bond donors (Lipinski definition) is 0. The number of carbonyl (C=O) groups excluding carboxylic acids is 1. The van der Waals surface area contributed by atoms with Crippen LogP contribution in [-0.2, 0) is 22.4 Å². The highest BCUT2D eigenvalue weighted by molar-refractivity contribution is 6.32. The first-order valence-corrected chi connectivity index (χ1v) is 11.4. The van der Waals surface area contributed by atoms with Crippen LogP contribution in [0, 0.1) is 0 Å². The molecule has 0 atom stereocenters. The zero-order valence-corrected chi connectivity index (χ0v) is 19.8. The molecule has 33 heavy (non-hydrogen) atoms. The average Bonchev–Trinajstić information content (AvgIpc) is 2.82. The molecule has 5 nitrogen and oxygen atoms in total. The van der Waals surface area contributed by atoms with Crippen LogP contribution in [0.25, 0.3) is 0 Å². The summed E-state index contributed by atoms with van der Waals surface area (Å²) < 4.78 is 22.4. The van der Waals surface area contributed by atoms with Crippen LogP contribution >= 0.6 is 11.6 Å². The Balaban J connectivity index is 1.49. The van der Waals surface area contributed by atoms with Crippen LogP contribution in [0.3, 0.4) is 0 Å². The summed E-state index contributed by atoms with van der Waals surface area (Å²) in [5.74, 6) is 2.74. The van der Waals surface area contributed by atoms with Crippen molar-refractivity contribution < 1.29 is 23.7 Å². The van der Waals surface area contributed by atoms with Gasteiger partial charge in [-0.1, -0.05) is 49.2 Å². The van der Waals surface area contributed by atoms with E-state index in [-0.39, 0.29) is 12.4 Å². The second kappa shape index (κ2) is 12.8. The van der Waals surface area contributed by atoms with Crippen LogP contribution in [0.15, 0.2) is 66.7 Å². The molecule has 0 aromatic heterocycles. The minimum Gasteiger partial charge on any atom is -0.493 e. The van der Waals surface area contributed by atoms with Gasteiger partial charge in [0.15, 0.2) is 0 Å². The standard InChI is InChI=1S/C27H29ClO5/c1-3-8-21-19-23(33-22-9-5-4-6-10-22)12-14-25(21)31-15-7-16-32-26-13-11-20(17-24(26)28)18-27(29)30-2/h4-6,9-14,17,19H,3,7-8,15-16,18H2,1-2H3. The number of hydrogen-bond acceptors (Lipinski definition) is 5. The monoisotopic (exact) mass is 468 g/mol. The van der Waals surface area contributed by atoms with Crippen LogP contribution in [0.1, 0.15) is 30.9 Å². The zero-order chi connectivity index (χ0) is 23.5. The number of esters is 1. The van der Waals surface area contributed by atoms with E-state index in [1.807, 2.05) is 54.6 Å². The van der Waals surface area contributed by atoms with E-state index in [4.69, 9.17) is 25.8 Å². The van der Waals surface area contributed by atoms with Gasteiger partial charge >= 0.3 is 5.97 Å². The molecule has 0 N–H and O–H groups in total. The Hall–Kier alpha value is -3.18. The quantitative estimate of drug-likeness (QED) is 0.220. The lowest BCUT2D eigenvalue weighted by Gasteiger charge is -2.14. The fourth-order valence-electron chi connectivity index (χ4n) is 3.28. The number of benzene rings is 3. The first-order chi connectivity index (χ1) is 16.1. The molecular weight excluding hydrogens is 440 g/mol. The number of para-hydroxylation sites is 1. The smallest absolute Gasteiger partial charge is 0.309 e. The summed E-state index contributed by atoms with van der Waals surface area (Å²) in [7, 11) is 1.36. The van der Waals surface area contributed by atoms with Crippen molar-refractivity contribution in [3.05, 3.63) is 82.9 Å². The lowest BCUT2D eigenvalue weighted by atomic mass is 10.1. The first-order valence-electron chi connectivity index (χ1n) is 11.1. The van der Waals surface area contributed by atoms with Gasteiger partial charge in [0.2, 0.25) is 0 Å². The van der Waals surface area contributed by atoms with Gasteiger partial charge in [0.1, 0.15) is 23.0 Å². The number of rotatable bonds is 12. The molecule has 0 heterocycles. The fourth-order valence-corrected chi connectivity index (χ4v) is 3.54. The van der Waals surface area contributed by atoms with E-state index in [0.29, 0.717) is 30.4 Å². The first kappa shape index (κ1) is 24.5. The van der Waals surface area contributed by atoms with E-state index in [1.165, 1.54) is 7.11 Å². The minimum atomic E-state index is -0.306. The molecule has 0 aliphatic carbocycles. The molecule has 6 heteroatoms. The van der Waals surface area contributed by atoms with Crippen molar-refractivity contribution in [3.8, 4) is 23.0 Å². The normalized spacial score (nSPS) is 10.5. The van der Waals surface area contributed by atoms with Gasteiger partial charge in [0, 0.05) is 6.42 Å². The van der Waals surface area contributed by atoms with Crippen LogP contribution in [0.2, 0.25) is 5.02 Å². The number of halogens is 1. The molecule has 3 aromatic rings. The van der Waals surface area contributed by atoms with Crippen molar-refractivity contribution in [2.45, 2.75) is 32.6 Å². The zero-order valence-electron chi connectivity index (χ0n) is 19.0. The Labute approximate surface area is 200 Å². The molecule has 0 unspecified atom stereocenters. The third-order valence-corrected chi connectivity index (χ3v) is 5.20. The summed E-state index contributed by atoms with van der Waals surface area (Å²) >= 11 is 6.27. The molecule has 0 amide bonds. The lowest BCUT2D eigenvalue weighted by Crippen LogP contribution is -2.07. The minimum absolute atomic E-state index is 0.180. The molecule has 0 saturated heterocycles. The molecular formula is C27H29ClO5. The third kappa shape index (κ3) is 7.72. The molecule has 0 aliphatic heterocycles. The summed E-state index contributed by atoms with van der Waals surface area (Å²) in [6.07, 6.45) is 2.80. The molecule has 0 fully saturated rings. The van der Waals surface area contributed by atoms with Crippen molar-refractivity contribution in [3.63, 3.8) is 0 Å². The largest absolute Gasteiger partial charge is 0.493 e. The Morgan fingerprint density at radius 2 is 1.61 bits per heavy atom. The molecule has 0 aliphatic rings. The van der Waals surface area contributed by atoms with Crippen LogP contribution in [0.4, 0.5) is 0 Å². The Kier molecular flexibility index (Phi) is 9.45. The SMILES string of the molecule is CCCc1cc(Oc2ccccc2)ccc1OCCCOc1ccc(CC(=O)OC)cc1Cl. The van der Waals surface area contributed by atoms with Gasteiger partial charge in [0.25, 0.3) is 0 Å². The van der Waals surface area contributed by atoms with E-state index in [1.54, 1.807) is 12.1 Å². The van der Waals surface area contributed by atoms with E-state index >= 15 is 0 Å². The van der Waals surface area contributed by atoms with Crippen molar-refractivity contribution in [2.24, 2.45) is 0 Å². The summed E-state index contributed by atoms with van der Waals surface area (Å²) in [6, 6.07) is 21.0. The molecule has 3 aromatic carbocycles. The van der Waals surface area contributed by atoms with Gasteiger partial charge in [0.05, 0.1) is 31.8 Å². The predicted molar refractivity (Wildman–Crippen MR) is 130 cm³/mol. The molecule has 0 spiro atoms. The maximum atomic E-state index is 11.4. The number of carbonyl (C=O) groups is 1. The molecule has 174 valence electrons. The summed E-state index contributed by atoms with van der Waals surface area (Å²) in [5.41, 5.74) is 1.90. The van der Waals surface area contributed by atoms with Crippen LogP contribution in [0.5, 0.6) is 23.0 Å². The Morgan fingerprint density at radius 1 is 0.879 bits per heavy atom. The maximum absolute atomic E-state index is 11.4. The third-order valence-electron chi connectivity index (χ3n) is 4.91. The molecule has 3 rings (SSSR count). The van der Waals surface area contributed by atoms with E-state index in [2.05, 4.69) is 11.7 Å².